The number of aryl methyl sites for hydroxylation is 6. The summed E-state index contributed by atoms with van der Waals surface area (Å²) in [6, 6.07) is 9.59. The van der Waals surface area contributed by atoms with Crippen LogP contribution in [0.15, 0.2) is 35.7 Å². The molecule has 5 heteroatoms. The summed E-state index contributed by atoms with van der Waals surface area (Å²) >= 11 is 8.64. The highest BCUT2D eigenvalue weighted by molar-refractivity contribution is 9.12. The maximum Gasteiger partial charge on any atom is 0.121 e. The van der Waals surface area contributed by atoms with Crippen LogP contribution in [0.4, 0.5) is 11.4 Å². The lowest BCUT2D eigenvalue weighted by Crippen LogP contribution is -2.35. The Bertz CT molecular complexity index is 1240. The van der Waals surface area contributed by atoms with Gasteiger partial charge in [0.1, 0.15) is 15.7 Å². The molecule has 6 rings (SSSR count). The maximum absolute atomic E-state index is 4.32. The molecule has 0 aromatic heterocycles. The predicted octanol–water partition coefficient (Wildman–Crippen LogP) is 12.6. The Hall–Kier alpha value is -0.830. The Morgan fingerprint density at radius 2 is 0.932 bits per heavy atom. The fourth-order valence-corrected chi connectivity index (χ4v) is 15.5. The van der Waals surface area contributed by atoms with E-state index in [1.165, 1.54) is 140 Å². The Morgan fingerprint density at radius 1 is 0.545 bits per heavy atom. The van der Waals surface area contributed by atoms with Crippen molar-refractivity contribution in [3.63, 3.8) is 0 Å². The van der Waals surface area contributed by atoms with Gasteiger partial charge in [0, 0.05) is 17.0 Å². The molecule has 3 saturated carbocycles. The number of hydrogen-bond donors (Lipinski definition) is 0. The van der Waals surface area contributed by atoms with E-state index < -0.39 is 0 Å². The van der Waals surface area contributed by atoms with Gasteiger partial charge in [0.25, 0.3) is 0 Å². The first-order valence-electron chi connectivity index (χ1n) is 17.7. The quantitative estimate of drug-likeness (QED) is 0.171. The molecule has 240 valence electrons. The van der Waals surface area contributed by atoms with Gasteiger partial charge in [-0.1, -0.05) is 120 Å². The number of halogens is 2. The minimum Gasteiger partial charge on any atom is -0.311 e. The minimum absolute atomic E-state index is 0.0578. The van der Waals surface area contributed by atoms with E-state index in [0.29, 0.717) is 0 Å². The first-order valence-corrected chi connectivity index (χ1v) is 21.1. The second-order valence-corrected chi connectivity index (χ2v) is 19.5. The van der Waals surface area contributed by atoms with Gasteiger partial charge in [-0.2, -0.15) is 0 Å². The molecule has 0 amide bonds. The number of hydrogen-bond acceptors (Lipinski definition) is 2. The van der Waals surface area contributed by atoms with Gasteiger partial charge in [0.15, 0.2) is 0 Å². The van der Waals surface area contributed by atoms with Crippen LogP contribution in [0.3, 0.4) is 0 Å². The van der Waals surface area contributed by atoms with E-state index in [0.717, 1.165) is 17.0 Å². The summed E-state index contributed by atoms with van der Waals surface area (Å²) in [6.45, 7) is 13.8. The van der Waals surface area contributed by atoms with Crippen molar-refractivity contribution in [3.8, 4) is 0 Å². The topological polar surface area (TPSA) is 6.48 Å². The highest BCUT2D eigenvalue weighted by Gasteiger charge is 2.48. The largest absolute Gasteiger partial charge is 0.311 e. The van der Waals surface area contributed by atoms with Crippen molar-refractivity contribution in [2.75, 3.05) is 9.80 Å². The summed E-state index contributed by atoms with van der Waals surface area (Å²) in [5, 5.41) is 0. The van der Waals surface area contributed by atoms with Crippen molar-refractivity contribution in [2.24, 2.45) is 0 Å². The molecule has 0 bridgehead atoms. The van der Waals surface area contributed by atoms with E-state index in [9.17, 15) is 0 Å². The van der Waals surface area contributed by atoms with Crippen molar-refractivity contribution < 1.29 is 0 Å². The molecule has 3 unspecified atom stereocenters. The van der Waals surface area contributed by atoms with Crippen molar-refractivity contribution in [1.82, 2.24) is 0 Å². The molecule has 2 aromatic rings. The molecule has 3 atom stereocenters. The normalized spacial score (nSPS) is 25.9. The molecule has 2 nitrogen and oxygen atoms in total. The summed E-state index contributed by atoms with van der Waals surface area (Å²) in [4.78, 5) is 5.77. The summed E-state index contributed by atoms with van der Waals surface area (Å²) < 4.78 is 0. The minimum atomic E-state index is -0.0578. The molecule has 4 aliphatic rings. The molecule has 2 aromatic carbocycles. The van der Waals surface area contributed by atoms with E-state index in [-0.39, 0.29) is 17.8 Å². The third-order valence-corrected chi connectivity index (χ3v) is 17.7. The molecule has 0 spiro atoms. The molecular weight excluding hydrogens is 687 g/mol. The molecule has 1 heterocycles. The van der Waals surface area contributed by atoms with Crippen LogP contribution < -0.4 is 9.80 Å². The average molecular weight is 743 g/mol. The number of anilines is 2. The highest BCUT2D eigenvalue weighted by atomic mass is 79.9. The molecule has 1 aliphatic heterocycles. The standard InChI is InChI=1S/C39H55Br2N2P/c1-25-21-27(3)35(28(4)22-25)42-37(40)38(41)43(36-29(5)23-26(2)24-30(36)6)39(42)33-19-13-14-20-34(33)44(31-15-9-7-10-16-31)32-17-11-8-12-18-32/h21-24,31-32,34,37-38H,7-20H2,1-6H3. The smallest absolute Gasteiger partial charge is 0.121 e. The van der Waals surface area contributed by atoms with E-state index in [4.69, 9.17) is 0 Å². The summed E-state index contributed by atoms with van der Waals surface area (Å²) in [6.07, 6.45) is 20.1. The average Bonchev–Trinajstić information content (AvgIpc) is 3.23. The van der Waals surface area contributed by atoms with Gasteiger partial charge >= 0.3 is 0 Å². The van der Waals surface area contributed by atoms with Crippen LogP contribution in [0.2, 0.25) is 0 Å². The van der Waals surface area contributed by atoms with Crippen LogP contribution in [0.5, 0.6) is 0 Å². The Morgan fingerprint density at radius 3 is 1.34 bits per heavy atom. The fourth-order valence-electron chi connectivity index (χ4n) is 9.62. The second kappa shape index (κ2) is 14.1. The zero-order valence-corrected chi connectivity index (χ0v) is 32.3. The first-order chi connectivity index (χ1) is 21.2. The number of allylic oxidation sites excluding steroid dienone is 1. The Kier molecular flexibility index (Phi) is 10.6. The molecule has 0 radical (unpaired) electrons. The van der Waals surface area contributed by atoms with E-state index in [1.54, 1.807) is 5.57 Å². The van der Waals surface area contributed by atoms with E-state index in [1.807, 2.05) is 0 Å². The fraction of sp³-hybridized carbons (Fsp3) is 0.641. The lowest BCUT2D eigenvalue weighted by molar-refractivity contribution is 0.476. The van der Waals surface area contributed by atoms with Gasteiger partial charge in [-0.3, -0.25) is 0 Å². The number of alkyl halides is 2. The van der Waals surface area contributed by atoms with Crippen molar-refractivity contribution >= 4 is 51.2 Å². The maximum atomic E-state index is 4.32. The van der Waals surface area contributed by atoms with Crippen LogP contribution in [0.25, 0.3) is 0 Å². The molecular formula is C39H55Br2N2P. The first kappa shape index (κ1) is 33.1. The lowest BCUT2D eigenvalue weighted by Gasteiger charge is -2.46. The van der Waals surface area contributed by atoms with E-state index >= 15 is 0 Å². The zero-order valence-electron chi connectivity index (χ0n) is 28.2. The van der Waals surface area contributed by atoms with Crippen molar-refractivity contribution in [3.05, 3.63) is 69.0 Å². The van der Waals surface area contributed by atoms with Gasteiger partial charge in [-0.05, 0) is 126 Å². The third-order valence-electron chi connectivity index (χ3n) is 11.1. The molecule has 4 fully saturated rings. The number of rotatable bonds is 5. The van der Waals surface area contributed by atoms with Crippen LogP contribution in [-0.4, -0.2) is 26.9 Å². The van der Waals surface area contributed by atoms with Crippen LogP contribution in [0.1, 0.15) is 123 Å². The van der Waals surface area contributed by atoms with Gasteiger partial charge < -0.3 is 9.80 Å². The summed E-state index contributed by atoms with van der Waals surface area (Å²) in [5.74, 6) is 1.50. The van der Waals surface area contributed by atoms with Gasteiger partial charge in [-0.15, -0.1) is 0 Å². The molecule has 44 heavy (non-hydrogen) atoms. The van der Waals surface area contributed by atoms with Crippen LogP contribution in [-0.2, 0) is 0 Å². The van der Waals surface area contributed by atoms with Gasteiger partial charge in [0.05, 0.1) is 0 Å². The van der Waals surface area contributed by atoms with Crippen LogP contribution >= 0.6 is 39.8 Å². The zero-order chi connectivity index (χ0) is 31.1. The molecule has 1 saturated heterocycles. The monoisotopic (exact) mass is 740 g/mol. The van der Waals surface area contributed by atoms with Gasteiger partial charge in [-0.25, -0.2) is 0 Å². The molecule has 3 aliphatic carbocycles. The SMILES string of the molecule is Cc1cc(C)c(N2C(=C3CCCCC3P(C3CCCCC3)C3CCCCC3)N(c3c(C)cc(C)cc3C)C(Br)C2Br)c(C)c1. The van der Waals surface area contributed by atoms with Crippen LogP contribution in [0, 0.1) is 41.5 Å². The summed E-state index contributed by atoms with van der Waals surface area (Å²) in [5.41, 5.74) is 15.5. The predicted molar refractivity (Wildman–Crippen MR) is 202 cm³/mol. The van der Waals surface area contributed by atoms with Crippen molar-refractivity contribution in [2.45, 2.75) is 158 Å². The lowest BCUT2D eigenvalue weighted by atomic mass is 9.92. The highest BCUT2D eigenvalue weighted by Crippen LogP contribution is 2.64. The Labute approximate surface area is 286 Å². The van der Waals surface area contributed by atoms with Crippen molar-refractivity contribution in [1.29, 1.82) is 0 Å². The Balaban J connectivity index is 1.59. The number of benzene rings is 2. The summed E-state index contributed by atoms with van der Waals surface area (Å²) in [7, 11) is -0.0578. The van der Waals surface area contributed by atoms with Gasteiger partial charge in [0.2, 0.25) is 0 Å². The molecule has 0 N–H and O–H groups in total. The number of nitrogens with zero attached hydrogens (tertiary/aromatic N) is 2. The second-order valence-electron chi connectivity index (χ2n) is 14.6. The van der Waals surface area contributed by atoms with E-state index in [2.05, 4.69) is 107 Å². The third kappa shape index (κ3) is 6.36.